The van der Waals surface area contributed by atoms with E-state index in [2.05, 4.69) is 56.9 Å². The molecule has 0 amide bonds. The van der Waals surface area contributed by atoms with Crippen molar-refractivity contribution < 1.29 is 0 Å². The molecule has 1 N–H and O–H groups in total. The molecule has 1 aromatic rings. The molecular formula is C14H21N. The van der Waals surface area contributed by atoms with E-state index in [0.717, 1.165) is 6.54 Å². The molecule has 0 aliphatic rings. The van der Waals surface area contributed by atoms with Crippen molar-refractivity contribution in [2.24, 2.45) is 0 Å². The molecule has 15 heavy (non-hydrogen) atoms. The van der Waals surface area contributed by atoms with Gasteiger partial charge in [-0.05, 0) is 24.0 Å². The molecule has 0 spiro atoms. The maximum Gasteiger partial charge on any atom is 0.0222 e. The summed E-state index contributed by atoms with van der Waals surface area (Å²) in [6.07, 6.45) is 1.92. The molecule has 0 heterocycles. The Morgan fingerprint density at radius 3 is 2.27 bits per heavy atom. The monoisotopic (exact) mass is 203 g/mol. The van der Waals surface area contributed by atoms with Gasteiger partial charge >= 0.3 is 0 Å². The van der Waals surface area contributed by atoms with E-state index in [1.807, 2.05) is 6.08 Å². The van der Waals surface area contributed by atoms with Gasteiger partial charge < -0.3 is 5.32 Å². The van der Waals surface area contributed by atoms with Crippen LogP contribution in [0.4, 0.5) is 0 Å². The van der Waals surface area contributed by atoms with Crippen LogP contribution in [0.3, 0.4) is 0 Å². The molecule has 0 saturated heterocycles. The smallest absolute Gasteiger partial charge is 0.0222 e. The van der Waals surface area contributed by atoms with Gasteiger partial charge in [-0.3, -0.25) is 0 Å². The minimum atomic E-state index is 0.370. The fraction of sp³-hybridized carbons (Fsp3) is 0.429. The molecule has 0 aromatic heterocycles. The predicted molar refractivity (Wildman–Crippen MR) is 67.0 cm³/mol. The largest absolute Gasteiger partial charge is 0.307 e. The minimum Gasteiger partial charge on any atom is -0.307 e. The maximum absolute atomic E-state index is 3.75. The van der Waals surface area contributed by atoms with Gasteiger partial charge in [-0.15, -0.1) is 6.58 Å². The van der Waals surface area contributed by atoms with Gasteiger partial charge in [0.25, 0.3) is 0 Å². The fourth-order valence-electron chi connectivity index (χ4n) is 1.38. The van der Waals surface area contributed by atoms with E-state index in [9.17, 15) is 0 Å². The van der Waals surface area contributed by atoms with Gasteiger partial charge in [0.15, 0.2) is 0 Å². The molecule has 1 unspecified atom stereocenters. The van der Waals surface area contributed by atoms with Crippen LogP contribution in [-0.2, 0) is 6.54 Å². The zero-order valence-electron chi connectivity index (χ0n) is 9.96. The third-order valence-electron chi connectivity index (χ3n) is 2.63. The molecule has 1 heteroatoms. The van der Waals surface area contributed by atoms with Crippen molar-refractivity contribution in [1.82, 2.24) is 5.32 Å². The Kier molecular flexibility index (Phi) is 4.57. The Labute approximate surface area is 93.2 Å². The first kappa shape index (κ1) is 12.0. The van der Waals surface area contributed by atoms with Crippen LogP contribution in [0, 0.1) is 0 Å². The van der Waals surface area contributed by atoms with E-state index in [1.54, 1.807) is 0 Å². The highest BCUT2D eigenvalue weighted by Crippen LogP contribution is 2.14. The molecule has 82 valence electrons. The highest BCUT2D eigenvalue weighted by molar-refractivity contribution is 5.24. The summed E-state index contributed by atoms with van der Waals surface area (Å²) in [6, 6.07) is 9.17. The van der Waals surface area contributed by atoms with Gasteiger partial charge in [-0.25, -0.2) is 0 Å². The number of hydrogen-bond donors (Lipinski definition) is 1. The molecule has 0 saturated carbocycles. The summed E-state index contributed by atoms with van der Waals surface area (Å²) >= 11 is 0. The number of rotatable bonds is 5. The van der Waals surface area contributed by atoms with Crippen LogP contribution in [0.1, 0.15) is 37.8 Å². The van der Waals surface area contributed by atoms with Crippen molar-refractivity contribution >= 4 is 0 Å². The predicted octanol–water partition coefficient (Wildman–Crippen LogP) is 3.47. The van der Waals surface area contributed by atoms with Gasteiger partial charge in [-0.1, -0.05) is 44.2 Å². The Morgan fingerprint density at radius 1 is 1.20 bits per heavy atom. The van der Waals surface area contributed by atoms with Crippen LogP contribution in [0.15, 0.2) is 36.9 Å². The first-order chi connectivity index (χ1) is 7.13. The second kappa shape index (κ2) is 5.72. The summed E-state index contributed by atoms with van der Waals surface area (Å²) in [7, 11) is 0. The molecule has 0 fully saturated rings. The topological polar surface area (TPSA) is 12.0 Å². The normalized spacial score (nSPS) is 12.8. The lowest BCUT2D eigenvalue weighted by atomic mass is 10.0. The van der Waals surface area contributed by atoms with Crippen molar-refractivity contribution in [3.05, 3.63) is 48.0 Å². The molecule has 0 aliphatic carbocycles. The Bertz CT molecular complexity index is 298. The third kappa shape index (κ3) is 3.88. The van der Waals surface area contributed by atoms with Gasteiger partial charge in [0.05, 0.1) is 0 Å². The van der Waals surface area contributed by atoms with E-state index in [0.29, 0.717) is 12.0 Å². The van der Waals surface area contributed by atoms with Crippen LogP contribution in [0.5, 0.6) is 0 Å². The Balaban J connectivity index is 2.53. The van der Waals surface area contributed by atoms with Crippen molar-refractivity contribution in [3.63, 3.8) is 0 Å². The SMILES string of the molecule is C=CC(C)NCc1ccc(C(C)C)cc1. The van der Waals surface area contributed by atoms with Crippen molar-refractivity contribution in [2.45, 2.75) is 39.3 Å². The quantitative estimate of drug-likeness (QED) is 0.722. The van der Waals surface area contributed by atoms with Crippen LogP contribution in [-0.4, -0.2) is 6.04 Å². The highest BCUT2D eigenvalue weighted by atomic mass is 14.9. The average molecular weight is 203 g/mol. The molecule has 1 nitrogen and oxygen atoms in total. The van der Waals surface area contributed by atoms with Crippen molar-refractivity contribution in [1.29, 1.82) is 0 Å². The Morgan fingerprint density at radius 2 is 1.80 bits per heavy atom. The number of benzene rings is 1. The van der Waals surface area contributed by atoms with Crippen molar-refractivity contribution in [3.8, 4) is 0 Å². The molecule has 1 rings (SSSR count). The molecule has 0 bridgehead atoms. The van der Waals surface area contributed by atoms with Crippen LogP contribution < -0.4 is 5.32 Å². The van der Waals surface area contributed by atoms with Gasteiger partial charge in [-0.2, -0.15) is 0 Å². The summed E-state index contributed by atoms with van der Waals surface area (Å²) in [5, 5.41) is 3.38. The van der Waals surface area contributed by atoms with Crippen LogP contribution in [0.2, 0.25) is 0 Å². The fourth-order valence-corrected chi connectivity index (χ4v) is 1.38. The van der Waals surface area contributed by atoms with Gasteiger partial charge in [0.2, 0.25) is 0 Å². The van der Waals surface area contributed by atoms with E-state index in [4.69, 9.17) is 0 Å². The lowest BCUT2D eigenvalue weighted by Crippen LogP contribution is -2.22. The Hall–Kier alpha value is -1.08. The van der Waals surface area contributed by atoms with Gasteiger partial charge in [0, 0.05) is 12.6 Å². The summed E-state index contributed by atoms with van der Waals surface area (Å²) < 4.78 is 0. The zero-order valence-corrected chi connectivity index (χ0v) is 9.96. The maximum atomic E-state index is 3.75. The van der Waals surface area contributed by atoms with Crippen molar-refractivity contribution in [2.75, 3.05) is 0 Å². The van der Waals surface area contributed by atoms with Crippen LogP contribution >= 0.6 is 0 Å². The van der Waals surface area contributed by atoms with E-state index in [-0.39, 0.29) is 0 Å². The summed E-state index contributed by atoms with van der Waals surface area (Å²) in [6.45, 7) is 11.2. The second-order valence-corrected chi connectivity index (χ2v) is 4.30. The molecule has 0 radical (unpaired) electrons. The van der Waals surface area contributed by atoms with E-state index < -0.39 is 0 Å². The molecular weight excluding hydrogens is 182 g/mol. The summed E-state index contributed by atoms with van der Waals surface area (Å²) in [5.74, 6) is 0.610. The van der Waals surface area contributed by atoms with Crippen LogP contribution in [0.25, 0.3) is 0 Å². The number of hydrogen-bond acceptors (Lipinski definition) is 1. The summed E-state index contributed by atoms with van der Waals surface area (Å²) in [4.78, 5) is 0. The molecule has 0 aliphatic heterocycles. The number of nitrogens with one attached hydrogen (secondary N) is 1. The van der Waals surface area contributed by atoms with E-state index >= 15 is 0 Å². The lowest BCUT2D eigenvalue weighted by Gasteiger charge is -2.10. The first-order valence-corrected chi connectivity index (χ1v) is 5.58. The average Bonchev–Trinajstić information content (AvgIpc) is 2.26. The lowest BCUT2D eigenvalue weighted by molar-refractivity contribution is 0.634. The van der Waals surface area contributed by atoms with E-state index in [1.165, 1.54) is 11.1 Å². The summed E-state index contributed by atoms with van der Waals surface area (Å²) in [5.41, 5.74) is 2.73. The van der Waals surface area contributed by atoms with Gasteiger partial charge in [0.1, 0.15) is 0 Å². The first-order valence-electron chi connectivity index (χ1n) is 5.58. The second-order valence-electron chi connectivity index (χ2n) is 4.30. The third-order valence-corrected chi connectivity index (χ3v) is 2.63. The zero-order chi connectivity index (χ0) is 11.3. The highest BCUT2D eigenvalue weighted by Gasteiger charge is 1.99. The minimum absolute atomic E-state index is 0.370. The standard InChI is InChI=1S/C14H21N/c1-5-12(4)15-10-13-6-8-14(9-7-13)11(2)3/h5-9,11-12,15H,1,10H2,2-4H3. The molecule has 1 aromatic carbocycles. The molecule has 1 atom stereocenters.